The standard InChI is InChI=1S/C26H28N4O3S/c1-3-19(2)20-11-13-21(14-12-20)27-25(31)18-34-26-29-28-24(17-33-22-8-5-4-6-9-22)30(26)16-23-10-7-15-32-23/h4-15,19H,3,16-18H2,1-2H3,(H,27,31)/t19-/m1/s1. The van der Waals surface area contributed by atoms with Crippen LogP contribution >= 0.6 is 11.8 Å². The van der Waals surface area contributed by atoms with Crippen molar-refractivity contribution in [1.29, 1.82) is 0 Å². The van der Waals surface area contributed by atoms with Gasteiger partial charge in [-0.05, 0) is 54.3 Å². The summed E-state index contributed by atoms with van der Waals surface area (Å²) in [5.74, 6) is 2.79. The zero-order valence-electron chi connectivity index (χ0n) is 19.3. The van der Waals surface area contributed by atoms with Gasteiger partial charge in [-0.15, -0.1) is 10.2 Å². The first-order valence-electron chi connectivity index (χ1n) is 11.3. The molecule has 34 heavy (non-hydrogen) atoms. The van der Waals surface area contributed by atoms with E-state index in [-0.39, 0.29) is 18.3 Å². The summed E-state index contributed by atoms with van der Waals surface area (Å²) < 4.78 is 13.3. The molecule has 4 aromatic rings. The highest BCUT2D eigenvalue weighted by Gasteiger charge is 2.16. The molecule has 176 valence electrons. The lowest BCUT2D eigenvalue weighted by Gasteiger charge is -2.11. The maximum atomic E-state index is 12.6. The summed E-state index contributed by atoms with van der Waals surface area (Å²) in [6, 6.07) is 21.3. The van der Waals surface area contributed by atoms with Crippen LogP contribution in [0, 0.1) is 0 Å². The van der Waals surface area contributed by atoms with Gasteiger partial charge in [0.05, 0.1) is 18.6 Å². The third-order valence-corrected chi connectivity index (χ3v) is 6.47. The van der Waals surface area contributed by atoms with E-state index >= 15 is 0 Å². The average Bonchev–Trinajstić information content (AvgIpc) is 3.52. The molecule has 0 saturated heterocycles. The summed E-state index contributed by atoms with van der Waals surface area (Å²) in [5, 5.41) is 12.2. The number of thioether (sulfide) groups is 1. The summed E-state index contributed by atoms with van der Waals surface area (Å²) in [5.41, 5.74) is 2.05. The first-order chi connectivity index (χ1) is 16.6. The highest BCUT2D eigenvalue weighted by atomic mass is 32.2. The van der Waals surface area contributed by atoms with Crippen molar-refractivity contribution in [2.45, 2.75) is 44.5 Å². The largest absolute Gasteiger partial charge is 0.486 e. The quantitative estimate of drug-likeness (QED) is 0.278. The zero-order chi connectivity index (χ0) is 23.8. The highest BCUT2D eigenvalue weighted by molar-refractivity contribution is 7.99. The van der Waals surface area contributed by atoms with Crippen LogP contribution in [0.3, 0.4) is 0 Å². The minimum Gasteiger partial charge on any atom is -0.486 e. The number of anilines is 1. The number of nitrogens with zero attached hydrogens (tertiary/aromatic N) is 3. The van der Waals surface area contributed by atoms with Gasteiger partial charge in [-0.3, -0.25) is 9.36 Å². The molecule has 2 aromatic carbocycles. The predicted octanol–water partition coefficient (Wildman–Crippen LogP) is 5.74. The smallest absolute Gasteiger partial charge is 0.234 e. The molecule has 1 atom stereocenters. The Kier molecular flexibility index (Phi) is 8.04. The van der Waals surface area contributed by atoms with E-state index in [0.717, 1.165) is 23.6 Å². The molecule has 0 unspecified atom stereocenters. The number of hydrogen-bond acceptors (Lipinski definition) is 6. The Morgan fingerprint density at radius 1 is 1.09 bits per heavy atom. The van der Waals surface area contributed by atoms with Gasteiger partial charge in [0.1, 0.15) is 18.1 Å². The number of amides is 1. The molecule has 2 aromatic heterocycles. The van der Waals surface area contributed by atoms with E-state index in [0.29, 0.717) is 23.4 Å². The van der Waals surface area contributed by atoms with Gasteiger partial charge in [-0.1, -0.05) is 55.9 Å². The second-order valence-corrected chi connectivity index (χ2v) is 8.88. The molecular formula is C26H28N4O3S. The van der Waals surface area contributed by atoms with Gasteiger partial charge in [0, 0.05) is 5.69 Å². The van der Waals surface area contributed by atoms with Crippen LogP contribution in [0.2, 0.25) is 0 Å². The second kappa shape index (κ2) is 11.6. The minimum atomic E-state index is -0.101. The van der Waals surface area contributed by atoms with E-state index < -0.39 is 0 Å². The first-order valence-corrected chi connectivity index (χ1v) is 12.3. The van der Waals surface area contributed by atoms with Gasteiger partial charge in [0.2, 0.25) is 5.91 Å². The lowest BCUT2D eigenvalue weighted by atomic mass is 9.99. The SMILES string of the molecule is CC[C@@H](C)c1ccc(NC(=O)CSc2nnc(COc3ccccc3)n2Cc2ccco2)cc1. The number of para-hydroxylation sites is 1. The van der Waals surface area contributed by atoms with Gasteiger partial charge in [-0.25, -0.2) is 0 Å². The Morgan fingerprint density at radius 3 is 2.59 bits per heavy atom. The summed E-state index contributed by atoms with van der Waals surface area (Å²) in [7, 11) is 0. The molecule has 0 radical (unpaired) electrons. The van der Waals surface area contributed by atoms with E-state index in [1.165, 1.54) is 17.3 Å². The molecule has 0 spiro atoms. The van der Waals surface area contributed by atoms with Crippen molar-refractivity contribution in [1.82, 2.24) is 14.8 Å². The Hall–Kier alpha value is -3.52. The van der Waals surface area contributed by atoms with Crippen molar-refractivity contribution in [2.75, 3.05) is 11.1 Å². The monoisotopic (exact) mass is 476 g/mol. The highest BCUT2D eigenvalue weighted by Crippen LogP contribution is 2.23. The molecule has 4 rings (SSSR count). The third-order valence-electron chi connectivity index (χ3n) is 5.51. The van der Waals surface area contributed by atoms with Crippen molar-refractivity contribution >= 4 is 23.4 Å². The van der Waals surface area contributed by atoms with E-state index in [1.807, 2.05) is 59.2 Å². The normalized spacial score (nSPS) is 11.8. The molecule has 8 heteroatoms. The zero-order valence-corrected chi connectivity index (χ0v) is 20.1. The Labute approximate surface area is 203 Å². The lowest BCUT2D eigenvalue weighted by molar-refractivity contribution is -0.113. The number of rotatable bonds is 11. The summed E-state index contributed by atoms with van der Waals surface area (Å²) >= 11 is 1.33. The number of hydrogen-bond donors (Lipinski definition) is 1. The van der Waals surface area contributed by atoms with Crippen LogP contribution in [0.15, 0.2) is 82.6 Å². The van der Waals surface area contributed by atoms with Gasteiger partial charge in [0.15, 0.2) is 11.0 Å². The van der Waals surface area contributed by atoms with Crippen LogP contribution in [-0.4, -0.2) is 26.4 Å². The Balaban J connectivity index is 1.40. The van der Waals surface area contributed by atoms with Crippen LogP contribution in [0.5, 0.6) is 5.75 Å². The fourth-order valence-electron chi connectivity index (χ4n) is 3.37. The van der Waals surface area contributed by atoms with Crippen molar-refractivity contribution in [2.24, 2.45) is 0 Å². The van der Waals surface area contributed by atoms with Crippen LogP contribution < -0.4 is 10.1 Å². The molecule has 2 heterocycles. The maximum absolute atomic E-state index is 12.6. The number of benzene rings is 2. The third kappa shape index (κ3) is 6.29. The second-order valence-electron chi connectivity index (χ2n) is 7.93. The predicted molar refractivity (Wildman–Crippen MR) is 133 cm³/mol. The van der Waals surface area contributed by atoms with Crippen LogP contribution in [0.1, 0.15) is 43.3 Å². The lowest BCUT2D eigenvalue weighted by Crippen LogP contribution is -2.15. The summed E-state index contributed by atoms with van der Waals surface area (Å²) in [6.07, 6.45) is 2.71. The number of carbonyl (C=O) groups excluding carboxylic acids is 1. The number of nitrogens with one attached hydrogen (secondary N) is 1. The molecule has 7 nitrogen and oxygen atoms in total. The van der Waals surface area contributed by atoms with E-state index in [1.54, 1.807) is 6.26 Å². The van der Waals surface area contributed by atoms with Crippen LogP contribution in [-0.2, 0) is 17.9 Å². The van der Waals surface area contributed by atoms with Crippen molar-refractivity contribution in [3.05, 3.63) is 90.1 Å². The summed E-state index contributed by atoms with van der Waals surface area (Å²) in [4.78, 5) is 12.6. The molecule has 0 aliphatic rings. The minimum absolute atomic E-state index is 0.101. The van der Waals surface area contributed by atoms with Gasteiger partial charge in [0.25, 0.3) is 0 Å². The van der Waals surface area contributed by atoms with Gasteiger partial charge < -0.3 is 14.5 Å². The van der Waals surface area contributed by atoms with Crippen molar-refractivity contribution in [3.63, 3.8) is 0 Å². The number of aromatic nitrogens is 3. The molecule has 0 fully saturated rings. The number of ether oxygens (including phenoxy) is 1. The fraction of sp³-hybridized carbons (Fsp3) is 0.269. The first kappa shape index (κ1) is 23.6. The van der Waals surface area contributed by atoms with Crippen molar-refractivity contribution in [3.8, 4) is 5.75 Å². The van der Waals surface area contributed by atoms with Gasteiger partial charge >= 0.3 is 0 Å². The molecule has 0 aliphatic carbocycles. The van der Waals surface area contributed by atoms with E-state index in [2.05, 4.69) is 41.5 Å². The Morgan fingerprint density at radius 2 is 1.88 bits per heavy atom. The number of furan rings is 1. The topological polar surface area (TPSA) is 82.2 Å². The average molecular weight is 477 g/mol. The molecule has 0 aliphatic heterocycles. The maximum Gasteiger partial charge on any atom is 0.234 e. The molecular weight excluding hydrogens is 448 g/mol. The molecule has 1 N–H and O–H groups in total. The van der Waals surface area contributed by atoms with E-state index in [9.17, 15) is 4.79 Å². The fourth-order valence-corrected chi connectivity index (χ4v) is 4.13. The number of carbonyl (C=O) groups is 1. The van der Waals surface area contributed by atoms with Crippen molar-refractivity contribution < 1.29 is 13.9 Å². The van der Waals surface area contributed by atoms with Gasteiger partial charge in [-0.2, -0.15) is 0 Å². The van der Waals surface area contributed by atoms with Crippen LogP contribution in [0.25, 0.3) is 0 Å². The van der Waals surface area contributed by atoms with Crippen LogP contribution in [0.4, 0.5) is 5.69 Å². The molecule has 1 amide bonds. The van der Waals surface area contributed by atoms with E-state index in [4.69, 9.17) is 9.15 Å². The molecule has 0 bridgehead atoms. The molecule has 0 saturated carbocycles. The summed E-state index contributed by atoms with van der Waals surface area (Å²) in [6.45, 7) is 5.07. The Bertz CT molecular complexity index is 1170.